The molecule has 19 heavy (non-hydrogen) atoms. The van der Waals surface area contributed by atoms with Crippen molar-refractivity contribution in [2.45, 2.75) is 19.3 Å². The molecule has 0 atom stereocenters. The number of hydrogen-bond acceptors (Lipinski definition) is 5. The van der Waals surface area contributed by atoms with Crippen LogP contribution >= 0.6 is 0 Å². The molecule has 1 N–H and O–H groups in total. The predicted octanol–water partition coefficient (Wildman–Crippen LogP) is 1.15. The van der Waals surface area contributed by atoms with Gasteiger partial charge in [-0.25, -0.2) is 0 Å². The zero-order chi connectivity index (χ0) is 13.8. The van der Waals surface area contributed by atoms with E-state index in [1.165, 1.54) is 12.7 Å². The smallest absolute Gasteiger partial charge is 0.358 e. The van der Waals surface area contributed by atoms with Crippen molar-refractivity contribution < 1.29 is 4.92 Å². The number of nitrogens with zero attached hydrogens (tertiary/aromatic N) is 4. The fourth-order valence-electron chi connectivity index (χ4n) is 2.69. The molecule has 2 heterocycles. The van der Waals surface area contributed by atoms with Gasteiger partial charge in [-0.1, -0.05) is 0 Å². The quantitative estimate of drug-likeness (QED) is 0.640. The zero-order valence-electron chi connectivity index (χ0n) is 11.5. The van der Waals surface area contributed by atoms with Crippen molar-refractivity contribution in [3.63, 3.8) is 0 Å². The van der Waals surface area contributed by atoms with Gasteiger partial charge in [0.2, 0.25) is 12.1 Å². The number of rotatable bonds is 5. The molecule has 2 rings (SSSR count). The fraction of sp³-hybridized carbons (Fsp3) is 0.750. The topological polar surface area (TPSA) is 76.2 Å². The average molecular weight is 267 g/mol. The minimum absolute atomic E-state index is 0.0313. The second-order valence-electron chi connectivity index (χ2n) is 5.08. The van der Waals surface area contributed by atoms with Gasteiger partial charge in [-0.3, -0.25) is 4.57 Å². The summed E-state index contributed by atoms with van der Waals surface area (Å²) in [6.45, 7) is 2.78. The van der Waals surface area contributed by atoms with Crippen LogP contribution in [0.25, 0.3) is 0 Å². The molecule has 1 fully saturated rings. The van der Waals surface area contributed by atoms with Crippen LogP contribution in [-0.2, 0) is 7.05 Å². The molecule has 7 nitrogen and oxygen atoms in total. The highest BCUT2D eigenvalue weighted by Crippen LogP contribution is 2.30. The Kier molecular flexibility index (Phi) is 4.36. The monoisotopic (exact) mass is 267 g/mol. The molecule has 106 valence electrons. The summed E-state index contributed by atoms with van der Waals surface area (Å²) >= 11 is 0. The van der Waals surface area contributed by atoms with Crippen molar-refractivity contribution in [1.29, 1.82) is 0 Å². The van der Waals surface area contributed by atoms with Gasteiger partial charge in [0.1, 0.15) is 0 Å². The van der Waals surface area contributed by atoms with Crippen molar-refractivity contribution in [2.75, 3.05) is 31.6 Å². The largest absolute Gasteiger partial charge is 0.406 e. The molecule has 1 aliphatic rings. The minimum atomic E-state index is -0.400. The fourth-order valence-corrected chi connectivity index (χ4v) is 2.69. The maximum atomic E-state index is 11.0. The summed E-state index contributed by atoms with van der Waals surface area (Å²) in [6, 6.07) is 0. The first-order valence-corrected chi connectivity index (χ1v) is 6.68. The Balaban J connectivity index is 2.01. The standard InChI is InChI=1S/C12H21N5O2/c1-13-6-3-10-4-7-16(8-5-10)12-11(17(18)19)14-9-15(12)2/h9-10,13H,3-8H2,1-2H3. The lowest BCUT2D eigenvalue weighted by molar-refractivity contribution is -0.388. The van der Waals surface area contributed by atoms with Crippen LogP contribution in [0, 0.1) is 16.0 Å². The number of nitrogens with one attached hydrogen (secondary N) is 1. The number of aromatic nitrogens is 2. The van der Waals surface area contributed by atoms with Crippen LogP contribution in [0.15, 0.2) is 6.33 Å². The Morgan fingerprint density at radius 3 is 2.79 bits per heavy atom. The molecule has 1 aliphatic heterocycles. The lowest BCUT2D eigenvalue weighted by Gasteiger charge is -2.32. The van der Waals surface area contributed by atoms with Crippen LogP contribution in [0.1, 0.15) is 19.3 Å². The van der Waals surface area contributed by atoms with Crippen molar-refractivity contribution in [3.05, 3.63) is 16.4 Å². The highest BCUT2D eigenvalue weighted by molar-refractivity contribution is 5.54. The first-order chi connectivity index (χ1) is 9.13. The first kappa shape index (κ1) is 13.8. The third-order valence-corrected chi connectivity index (χ3v) is 3.78. The second-order valence-corrected chi connectivity index (χ2v) is 5.08. The molecule has 0 spiro atoms. The Hall–Kier alpha value is -1.63. The molecule has 0 aromatic carbocycles. The summed E-state index contributed by atoms with van der Waals surface area (Å²) in [6.07, 6.45) is 4.87. The summed E-state index contributed by atoms with van der Waals surface area (Å²) in [5.41, 5.74) is 0. The van der Waals surface area contributed by atoms with Crippen LogP contribution in [0.5, 0.6) is 0 Å². The van der Waals surface area contributed by atoms with E-state index in [9.17, 15) is 10.1 Å². The van der Waals surface area contributed by atoms with Crippen molar-refractivity contribution >= 4 is 11.6 Å². The summed E-state index contributed by atoms with van der Waals surface area (Å²) < 4.78 is 1.74. The molecule has 0 aliphatic carbocycles. The summed E-state index contributed by atoms with van der Waals surface area (Å²) in [4.78, 5) is 16.5. The molecular formula is C12H21N5O2. The van der Waals surface area contributed by atoms with E-state index >= 15 is 0 Å². The van der Waals surface area contributed by atoms with Gasteiger partial charge in [-0.2, -0.15) is 0 Å². The molecule has 0 bridgehead atoms. The average Bonchev–Trinajstić information content (AvgIpc) is 2.79. The molecule has 0 radical (unpaired) electrons. The van der Waals surface area contributed by atoms with E-state index in [0.717, 1.165) is 38.4 Å². The number of hydrogen-bond donors (Lipinski definition) is 1. The van der Waals surface area contributed by atoms with Gasteiger partial charge in [-0.15, -0.1) is 0 Å². The molecule has 0 amide bonds. The molecule has 1 saturated heterocycles. The van der Waals surface area contributed by atoms with E-state index in [4.69, 9.17) is 0 Å². The van der Waals surface area contributed by atoms with Crippen LogP contribution in [0.4, 0.5) is 11.6 Å². The van der Waals surface area contributed by atoms with Gasteiger partial charge in [0.05, 0.1) is 0 Å². The number of aryl methyl sites for hydroxylation is 1. The molecule has 7 heteroatoms. The normalized spacial score (nSPS) is 16.8. The van der Waals surface area contributed by atoms with E-state index in [2.05, 4.69) is 15.2 Å². The van der Waals surface area contributed by atoms with Gasteiger partial charge < -0.3 is 20.3 Å². The lowest BCUT2D eigenvalue weighted by Crippen LogP contribution is -2.35. The Bertz CT molecular complexity index is 437. The number of imidazole rings is 1. The van der Waals surface area contributed by atoms with Gasteiger partial charge in [0, 0.05) is 20.1 Å². The molecule has 1 aromatic rings. The van der Waals surface area contributed by atoms with Crippen molar-refractivity contribution in [2.24, 2.45) is 13.0 Å². The van der Waals surface area contributed by atoms with Crippen LogP contribution in [-0.4, -0.2) is 41.2 Å². The first-order valence-electron chi connectivity index (χ1n) is 6.68. The lowest BCUT2D eigenvalue weighted by atomic mass is 9.93. The third kappa shape index (κ3) is 3.04. The van der Waals surface area contributed by atoms with Crippen LogP contribution < -0.4 is 10.2 Å². The van der Waals surface area contributed by atoms with Crippen LogP contribution in [0.2, 0.25) is 0 Å². The number of nitro groups is 1. The van der Waals surface area contributed by atoms with E-state index in [0.29, 0.717) is 5.82 Å². The van der Waals surface area contributed by atoms with E-state index in [1.807, 2.05) is 14.1 Å². The second kappa shape index (κ2) is 6.01. The maximum Gasteiger partial charge on any atom is 0.406 e. The van der Waals surface area contributed by atoms with Crippen molar-refractivity contribution in [3.8, 4) is 0 Å². The van der Waals surface area contributed by atoms with Gasteiger partial charge >= 0.3 is 5.82 Å². The van der Waals surface area contributed by atoms with Gasteiger partial charge in [0.25, 0.3) is 0 Å². The van der Waals surface area contributed by atoms with Gasteiger partial charge in [0.15, 0.2) is 0 Å². The predicted molar refractivity (Wildman–Crippen MR) is 73.3 cm³/mol. The molecule has 0 unspecified atom stereocenters. The Morgan fingerprint density at radius 2 is 2.21 bits per heavy atom. The highest BCUT2D eigenvalue weighted by Gasteiger charge is 2.28. The maximum absolute atomic E-state index is 11.0. The summed E-state index contributed by atoms with van der Waals surface area (Å²) in [5.74, 6) is 1.32. The summed E-state index contributed by atoms with van der Waals surface area (Å²) in [7, 11) is 3.77. The van der Waals surface area contributed by atoms with E-state index < -0.39 is 4.92 Å². The zero-order valence-corrected chi connectivity index (χ0v) is 11.5. The highest BCUT2D eigenvalue weighted by atomic mass is 16.6. The molecule has 0 saturated carbocycles. The van der Waals surface area contributed by atoms with E-state index in [-0.39, 0.29) is 5.82 Å². The Labute approximate surface area is 112 Å². The number of anilines is 1. The molecule has 1 aromatic heterocycles. The van der Waals surface area contributed by atoms with Crippen LogP contribution in [0.3, 0.4) is 0 Å². The van der Waals surface area contributed by atoms with E-state index in [1.54, 1.807) is 4.57 Å². The number of piperidine rings is 1. The SMILES string of the molecule is CNCCC1CCN(c2c([N+](=O)[O-])ncn2C)CC1. The van der Waals surface area contributed by atoms with Gasteiger partial charge in [-0.05, 0) is 48.7 Å². The Morgan fingerprint density at radius 1 is 1.53 bits per heavy atom. The minimum Gasteiger partial charge on any atom is -0.358 e. The molecular weight excluding hydrogens is 246 g/mol. The van der Waals surface area contributed by atoms with Crippen molar-refractivity contribution in [1.82, 2.24) is 14.9 Å². The third-order valence-electron chi connectivity index (χ3n) is 3.78. The summed E-state index contributed by atoms with van der Waals surface area (Å²) in [5, 5.41) is 14.1.